The minimum absolute atomic E-state index is 0.0935. The number of methoxy groups -OCH3 is 4. The summed E-state index contributed by atoms with van der Waals surface area (Å²) in [6.45, 7) is 0.448. The third kappa shape index (κ3) is 4.09. The van der Waals surface area contributed by atoms with Crippen LogP contribution in [-0.4, -0.2) is 74.6 Å². The molecule has 2 rings (SSSR count). The number of ether oxygens (including phenoxy) is 5. The molecule has 5 atom stereocenters. The van der Waals surface area contributed by atoms with Gasteiger partial charge >= 0.3 is 138 Å². The Morgan fingerprint density at radius 1 is 0.955 bits per heavy atom. The minimum atomic E-state index is -0.322. The van der Waals surface area contributed by atoms with Gasteiger partial charge in [0.25, 0.3) is 0 Å². The van der Waals surface area contributed by atoms with E-state index in [1.165, 1.54) is 4.46 Å². The molecular formula is C16H24O5Se. The van der Waals surface area contributed by atoms with Crippen LogP contribution in [0.4, 0.5) is 0 Å². The molecule has 0 spiro atoms. The van der Waals surface area contributed by atoms with Gasteiger partial charge in [-0.1, -0.05) is 0 Å². The molecule has 1 heterocycles. The number of hydrogen-bond donors (Lipinski definition) is 0. The van der Waals surface area contributed by atoms with Crippen LogP contribution in [0.5, 0.6) is 0 Å². The zero-order valence-corrected chi connectivity index (χ0v) is 15.1. The van der Waals surface area contributed by atoms with Gasteiger partial charge in [0.1, 0.15) is 0 Å². The molecule has 22 heavy (non-hydrogen) atoms. The first-order chi connectivity index (χ1) is 10.7. The Labute approximate surface area is 138 Å². The van der Waals surface area contributed by atoms with E-state index in [0.717, 1.165) is 0 Å². The molecule has 0 saturated carbocycles. The van der Waals surface area contributed by atoms with Crippen LogP contribution in [0.15, 0.2) is 30.3 Å². The summed E-state index contributed by atoms with van der Waals surface area (Å²) in [4.78, 5) is 0.114. The number of hydrogen-bond acceptors (Lipinski definition) is 5. The molecule has 1 fully saturated rings. The fraction of sp³-hybridized carbons (Fsp3) is 0.625. The summed E-state index contributed by atoms with van der Waals surface area (Å²) < 4.78 is 29.6. The molecule has 0 aliphatic carbocycles. The summed E-state index contributed by atoms with van der Waals surface area (Å²) in [5, 5.41) is 0. The third-order valence-corrected chi connectivity index (χ3v) is 6.46. The van der Waals surface area contributed by atoms with E-state index in [9.17, 15) is 0 Å². The van der Waals surface area contributed by atoms with Crippen molar-refractivity contribution in [3.8, 4) is 0 Å². The standard InChI is InChI=1S/C16H24O5Se/c1-17-10-12-13(18-2)14(19-3)15(16(20-4)21-12)22-11-8-6-5-7-9-11/h5-9,12-16H,10H2,1-4H3/t12-,13-,14+,15-,16-/m1/s1. The van der Waals surface area contributed by atoms with Crippen molar-refractivity contribution in [1.29, 1.82) is 0 Å². The molecule has 1 saturated heterocycles. The predicted octanol–water partition coefficient (Wildman–Crippen LogP) is 0.852. The second-order valence-electron chi connectivity index (χ2n) is 5.03. The van der Waals surface area contributed by atoms with Crippen LogP contribution in [-0.2, 0) is 23.7 Å². The van der Waals surface area contributed by atoms with E-state index in [4.69, 9.17) is 23.7 Å². The molecule has 0 amide bonds. The van der Waals surface area contributed by atoms with Crippen LogP contribution in [0.1, 0.15) is 0 Å². The van der Waals surface area contributed by atoms with Gasteiger partial charge in [0.15, 0.2) is 0 Å². The van der Waals surface area contributed by atoms with Crippen LogP contribution < -0.4 is 4.46 Å². The van der Waals surface area contributed by atoms with Gasteiger partial charge < -0.3 is 0 Å². The summed E-state index contributed by atoms with van der Waals surface area (Å²) in [6, 6.07) is 10.4. The van der Waals surface area contributed by atoms with Gasteiger partial charge in [-0.25, -0.2) is 0 Å². The second kappa shape index (κ2) is 8.99. The monoisotopic (exact) mass is 376 g/mol. The Balaban J connectivity index is 2.21. The predicted molar refractivity (Wildman–Crippen MR) is 84.7 cm³/mol. The van der Waals surface area contributed by atoms with Crippen LogP contribution >= 0.6 is 0 Å². The van der Waals surface area contributed by atoms with Crippen LogP contribution in [0.2, 0.25) is 4.82 Å². The molecule has 124 valence electrons. The van der Waals surface area contributed by atoms with Gasteiger partial charge in [0, 0.05) is 0 Å². The molecule has 6 heteroatoms. The zero-order chi connectivity index (χ0) is 15.9. The van der Waals surface area contributed by atoms with E-state index in [-0.39, 0.29) is 44.4 Å². The molecule has 1 aromatic rings. The molecule has 0 radical (unpaired) electrons. The summed E-state index contributed by atoms with van der Waals surface area (Å²) in [6.07, 6.45) is -0.791. The molecule has 0 N–H and O–H groups in total. The van der Waals surface area contributed by atoms with Crippen LogP contribution in [0.25, 0.3) is 0 Å². The fourth-order valence-corrected chi connectivity index (χ4v) is 5.46. The number of rotatable bonds is 7. The molecule has 0 aromatic heterocycles. The van der Waals surface area contributed by atoms with Crippen LogP contribution in [0.3, 0.4) is 0 Å². The topological polar surface area (TPSA) is 46.2 Å². The molecule has 0 bridgehead atoms. The zero-order valence-electron chi connectivity index (χ0n) is 13.4. The summed E-state index contributed by atoms with van der Waals surface area (Å²) in [5.41, 5.74) is 0. The summed E-state index contributed by atoms with van der Waals surface area (Å²) >= 11 is 0.150. The molecule has 0 unspecified atom stereocenters. The van der Waals surface area contributed by atoms with Crippen LogP contribution in [0, 0.1) is 0 Å². The Kier molecular flexibility index (Phi) is 7.31. The average molecular weight is 375 g/mol. The number of benzene rings is 1. The van der Waals surface area contributed by atoms with Crippen molar-refractivity contribution in [3.05, 3.63) is 30.3 Å². The summed E-state index contributed by atoms with van der Waals surface area (Å²) in [7, 11) is 6.72. The Morgan fingerprint density at radius 3 is 2.18 bits per heavy atom. The molecule has 5 nitrogen and oxygen atoms in total. The Morgan fingerprint density at radius 2 is 1.64 bits per heavy atom. The van der Waals surface area contributed by atoms with Crippen molar-refractivity contribution >= 4 is 19.4 Å². The van der Waals surface area contributed by atoms with Crippen molar-refractivity contribution in [1.82, 2.24) is 0 Å². The van der Waals surface area contributed by atoms with Gasteiger partial charge in [-0.2, -0.15) is 0 Å². The molecule has 1 aromatic carbocycles. The van der Waals surface area contributed by atoms with E-state index in [1.807, 2.05) is 18.2 Å². The van der Waals surface area contributed by atoms with Gasteiger partial charge in [-0.15, -0.1) is 0 Å². The first-order valence-electron chi connectivity index (χ1n) is 7.19. The van der Waals surface area contributed by atoms with E-state index >= 15 is 0 Å². The Hall–Kier alpha value is -0.461. The van der Waals surface area contributed by atoms with Crippen molar-refractivity contribution in [2.24, 2.45) is 0 Å². The van der Waals surface area contributed by atoms with Crippen molar-refractivity contribution in [2.45, 2.75) is 29.4 Å². The molecule has 1 aliphatic heterocycles. The normalized spacial score (nSPS) is 32.1. The quantitative estimate of drug-likeness (QED) is 0.662. The maximum absolute atomic E-state index is 6.06. The van der Waals surface area contributed by atoms with Gasteiger partial charge in [-0.05, 0) is 0 Å². The first kappa shape index (κ1) is 17.9. The Bertz CT molecular complexity index is 430. The SMILES string of the molecule is COC[C@H]1O[C@@H](OC)[C@H]([Se]c2ccccc2)[C@@H](OC)[C@@H]1OC. The molecular weight excluding hydrogens is 351 g/mol. The van der Waals surface area contributed by atoms with E-state index < -0.39 is 0 Å². The third-order valence-electron chi connectivity index (χ3n) is 3.71. The first-order valence-corrected chi connectivity index (χ1v) is 9.04. The summed E-state index contributed by atoms with van der Waals surface area (Å²) in [5.74, 6) is 0. The molecule has 1 aliphatic rings. The average Bonchev–Trinajstić information content (AvgIpc) is 2.56. The van der Waals surface area contributed by atoms with Gasteiger partial charge in [0.2, 0.25) is 0 Å². The van der Waals surface area contributed by atoms with Crippen molar-refractivity contribution in [2.75, 3.05) is 35.0 Å². The van der Waals surface area contributed by atoms with E-state index in [2.05, 4.69) is 12.1 Å². The van der Waals surface area contributed by atoms with E-state index in [0.29, 0.717) is 6.61 Å². The fourth-order valence-electron chi connectivity index (χ4n) is 2.70. The van der Waals surface area contributed by atoms with Gasteiger partial charge in [-0.3, -0.25) is 0 Å². The maximum atomic E-state index is 6.06. The van der Waals surface area contributed by atoms with E-state index in [1.54, 1.807) is 28.4 Å². The van der Waals surface area contributed by atoms with Crippen molar-refractivity contribution in [3.63, 3.8) is 0 Å². The van der Waals surface area contributed by atoms with Crippen molar-refractivity contribution < 1.29 is 23.7 Å². The second-order valence-corrected chi connectivity index (χ2v) is 7.66. The van der Waals surface area contributed by atoms with Gasteiger partial charge in [0.05, 0.1) is 0 Å².